The standard InChI is InChI=1S/C84H159NO8/c1-6-8-10-12-14-16-18-20-22-24-26-28-30-32-34-36-37-38-39-40-41-42-43-44-45-47-48-50-52-54-56-58-60-62-64-66-68-70-72-74-81(86)91-78-80(79-92-84(83(88)89)90-77-76-85(3,4)5)93-82(87)75-73-71-69-67-65-63-61-59-57-55-53-51-49-46-35-33-31-29-27-25-23-21-19-17-15-13-11-9-7-2/h19,21,25,27,31,33,80,84H,6-18,20,22-24,26,28-30,32,34-79H2,1-5H3/p+1/b21-19-,27-25-,33-31-. The lowest BCUT2D eigenvalue weighted by Crippen LogP contribution is -2.40. The number of esters is 2. The van der Waals surface area contributed by atoms with Crippen LogP contribution in [-0.2, 0) is 33.3 Å². The van der Waals surface area contributed by atoms with Crippen LogP contribution in [0.5, 0.6) is 0 Å². The summed E-state index contributed by atoms with van der Waals surface area (Å²) in [5.41, 5.74) is 0. The first-order chi connectivity index (χ1) is 45.6. The zero-order valence-corrected chi connectivity index (χ0v) is 63.0. The number of hydrogen-bond donors (Lipinski definition) is 1. The van der Waals surface area contributed by atoms with Gasteiger partial charge < -0.3 is 28.5 Å². The number of carboxylic acid groups (broad SMARTS) is 1. The zero-order valence-electron chi connectivity index (χ0n) is 63.0. The molecule has 0 rings (SSSR count). The van der Waals surface area contributed by atoms with Crippen molar-refractivity contribution < 1.29 is 42.9 Å². The Labute approximate surface area is 579 Å². The van der Waals surface area contributed by atoms with Crippen LogP contribution in [-0.4, -0.2) is 87.4 Å². The van der Waals surface area contributed by atoms with E-state index in [9.17, 15) is 19.5 Å². The van der Waals surface area contributed by atoms with Crippen LogP contribution in [0, 0.1) is 0 Å². The number of unbranched alkanes of at least 4 members (excludes halogenated alkanes) is 57. The highest BCUT2D eigenvalue weighted by Crippen LogP contribution is 2.20. The minimum absolute atomic E-state index is 0.177. The van der Waals surface area contributed by atoms with Crippen molar-refractivity contribution in [1.82, 2.24) is 0 Å². The van der Waals surface area contributed by atoms with E-state index in [0.717, 1.165) is 51.4 Å². The molecule has 0 aliphatic heterocycles. The third-order valence-corrected chi connectivity index (χ3v) is 18.9. The molecular weight excluding hydrogens is 1150 g/mol. The molecule has 0 aromatic heterocycles. The molecule has 93 heavy (non-hydrogen) atoms. The lowest BCUT2D eigenvalue weighted by molar-refractivity contribution is -0.870. The predicted octanol–water partition coefficient (Wildman–Crippen LogP) is 26.3. The van der Waals surface area contributed by atoms with Crippen molar-refractivity contribution in [3.05, 3.63) is 36.5 Å². The summed E-state index contributed by atoms with van der Waals surface area (Å²) < 4.78 is 23.1. The molecule has 0 aromatic rings. The van der Waals surface area contributed by atoms with Crippen molar-refractivity contribution in [3.8, 4) is 0 Å². The lowest BCUT2D eigenvalue weighted by Gasteiger charge is -2.25. The summed E-state index contributed by atoms with van der Waals surface area (Å²) in [6.45, 7) is 4.94. The minimum atomic E-state index is -1.51. The topological polar surface area (TPSA) is 108 Å². The van der Waals surface area contributed by atoms with E-state index < -0.39 is 18.4 Å². The van der Waals surface area contributed by atoms with Crippen molar-refractivity contribution in [1.29, 1.82) is 0 Å². The molecule has 0 fully saturated rings. The van der Waals surface area contributed by atoms with Gasteiger partial charge >= 0.3 is 17.9 Å². The van der Waals surface area contributed by atoms with Crippen molar-refractivity contribution in [2.75, 3.05) is 47.5 Å². The van der Waals surface area contributed by atoms with Gasteiger partial charge in [0.25, 0.3) is 6.29 Å². The monoisotopic (exact) mass is 1310 g/mol. The Morgan fingerprint density at radius 1 is 0.323 bits per heavy atom. The average Bonchev–Trinajstić information content (AvgIpc) is 3.74. The molecule has 0 saturated carbocycles. The molecule has 0 spiro atoms. The normalized spacial score (nSPS) is 12.7. The van der Waals surface area contributed by atoms with Gasteiger partial charge in [-0.2, -0.15) is 0 Å². The van der Waals surface area contributed by atoms with Crippen LogP contribution in [0.15, 0.2) is 36.5 Å². The first kappa shape index (κ1) is 90.5. The third kappa shape index (κ3) is 76.7. The molecule has 9 heteroatoms. The fourth-order valence-electron chi connectivity index (χ4n) is 12.6. The molecule has 0 aromatic carbocycles. The van der Waals surface area contributed by atoms with Gasteiger partial charge in [-0.05, 0) is 51.4 Å². The van der Waals surface area contributed by atoms with Crippen LogP contribution in [0.2, 0.25) is 0 Å². The maximum Gasteiger partial charge on any atom is 0.361 e. The van der Waals surface area contributed by atoms with Gasteiger partial charge in [-0.1, -0.05) is 397 Å². The van der Waals surface area contributed by atoms with E-state index >= 15 is 0 Å². The van der Waals surface area contributed by atoms with Crippen LogP contribution in [0.3, 0.4) is 0 Å². The highest BCUT2D eigenvalue weighted by molar-refractivity contribution is 5.71. The molecular formula is C84H160NO8+. The van der Waals surface area contributed by atoms with Gasteiger partial charge in [-0.25, -0.2) is 4.79 Å². The number of carboxylic acids is 1. The molecule has 0 aliphatic rings. The second-order valence-electron chi connectivity index (χ2n) is 29.4. The maximum absolute atomic E-state index is 13.0. The molecule has 548 valence electrons. The summed E-state index contributed by atoms with van der Waals surface area (Å²) in [5.74, 6) is -1.97. The maximum atomic E-state index is 13.0. The second-order valence-corrected chi connectivity index (χ2v) is 29.4. The van der Waals surface area contributed by atoms with Crippen LogP contribution in [0.4, 0.5) is 0 Å². The van der Waals surface area contributed by atoms with E-state index in [1.54, 1.807) is 0 Å². The number of carbonyl (C=O) groups is 3. The van der Waals surface area contributed by atoms with Gasteiger partial charge in [0.2, 0.25) is 0 Å². The number of nitrogens with zero attached hydrogens (tertiary/aromatic N) is 1. The van der Waals surface area contributed by atoms with E-state index in [1.807, 2.05) is 21.1 Å². The van der Waals surface area contributed by atoms with Gasteiger partial charge in [0.15, 0.2) is 6.10 Å². The molecule has 0 saturated heterocycles. The Morgan fingerprint density at radius 2 is 0.581 bits per heavy atom. The second kappa shape index (κ2) is 75.3. The molecule has 0 amide bonds. The van der Waals surface area contributed by atoms with E-state index in [-0.39, 0.29) is 38.2 Å². The zero-order chi connectivity index (χ0) is 67.5. The van der Waals surface area contributed by atoms with E-state index in [2.05, 4.69) is 50.3 Å². The number of ether oxygens (including phenoxy) is 4. The van der Waals surface area contributed by atoms with Crippen molar-refractivity contribution in [2.24, 2.45) is 0 Å². The van der Waals surface area contributed by atoms with E-state index in [1.165, 1.54) is 347 Å². The fraction of sp³-hybridized carbons (Fsp3) is 0.893. The van der Waals surface area contributed by atoms with Crippen LogP contribution >= 0.6 is 0 Å². The Hall–Kier alpha value is -2.49. The van der Waals surface area contributed by atoms with Gasteiger partial charge in [-0.3, -0.25) is 9.59 Å². The van der Waals surface area contributed by atoms with Gasteiger partial charge in [0, 0.05) is 12.8 Å². The Morgan fingerprint density at radius 3 is 0.860 bits per heavy atom. The van der Waals surface area contributed by atoms with Crippen LogP contribution in [0.1, 0.15) is 425 Å². The predicted molar refractivity (Wildman–Crippen MR) is 401 cm³/mol. The summed E-state index contributed by atoms with van der Waals surface area (Å²) >= 11 is 0. The van der Waals surface area contributed by atoms with Gasteiger partial charge in [0.1, 0.15) is 13.2 Å². The largest absolute Gasteiger partial charge is 0.477 e. The molecule has 1 N–H and O–H groups in total. The van der Waals surface area contributed by atoms with Crippen molar-refractivity contribution in [2.45, 2.75) is 437 Å². The van der Waals surface area contributed by atoms with Gasteiger partial charge in [-0.15, -0.1) is 0 Å². The molecule has 0 heterocycles. The average molecular weight is 1310 g/mol. The highest BCUT2D eigenvalue weighted by atomic mass is 16.7. The SMILES string of the molecule is CCCCCCC/C=C\C/C=C\C/C=C\CCCCCCCCCCCCCCCCC(=O)OC(COC(=O)CCCCCCCCCCCCCCCCCCCCCCCCCCCCCCCCCCCCCCCCC)COC(OCC[N+](C)(C)C)C(=O)O. The Kier molecular flexibility index (Phi) is 73.3. The van der Waals surface area contributed by atoms with Gasteiger partial charge in [0.05, 0.1) is 34.4 Å². The number of hydrogen-bond acceptors (Lipinski definition) is 7. The minimum Gasteiger partial charge on any atom is -0.477 e. The summed E-state index contributed by atoms with van der Waals surface area (Å²) in [7, 11) is 6.00. The summed E-state index contributed by atoms with van der Waals surface area (Å²) in [6, 6.07) is 0. The third-order valence-electron chi connectivity index (χ3n) is 18.9. The van der Waals surface area contributed by atoms with Crippen molar-refractivity contribution >= 4 is 17.9 Å². The number of quaternary nitrogens is 1. The molecule has 2 unspecified atom stereocenters. The molecule has 9 nitrogen and oxygen atoms in total. The fourth-order valence-corrected chi connectivity index (χ4v) is 12.6. The Balaban J connectivity index is 3.94. The summed E-state index contributed by atoms with van der Waals surface area (Å²) in [6.07, 6.45) is 94.6. The van der Waals surface area contributed by atoms with E-state index in [0.29, 0.717) is 17.4 Å². The summed E-state index contributed by atoms with van der Waals surface area (Å²) in [4.78, 5) is 37.7. The number of carbonyl (C=O) groups excluding carboxylic acids is 2. The number of likely N-dealkylation sites (N-methyl/N-ethyl adjacent to an activating group) is 1. The lowest BCUT2D eigenvalue weighted by atomic mass is 10.0. The quantitative estimate of drug-likeness (QED) is 0.0211. The number of rotatable bonds is 78. The molecule has 0 aliphatic carbocycles. The number of allylic oxidation sites excluding steroid dienone is 6. The summed E-state index contributed by atoms with van der Waals surface area (Å²) in [5, 5.41) is 9.77. The van der Waals surface area contributed by atoms with Crippen molar-refractivity contribution in [3.63, 3.8) is 0 Å². The molecule has 2 atom stereocenters. The molecule has 0 bridgehead atoms. The van der Waals surface area contributed by atoms with Crippen LogP contribution in [0.25, 0.3) is 0 Å². The van der Waals surface area contributed by atoms with E-state index in [4.69, 9.17) is 18.9 Å². The molecule has 0 radical (unpaired) electrons. The number of aliphatic carboxylic acids is 1. The smallest absolute Gasteiger partial charge is 0.361 e. The first-order valence-corrected chi connectivity index (χ1v) is 41.2. The first-order valence-electron chi connectivity index (χ1n) is 41.2. The van der Waals surface area contributed by atoms with Crippen LogP contribution < -0.4 is 0 Å². The Bertz CT molecular complexity index is 1620. The highest BCUT2D eigenvalue weighted by Gasteiger charge is 2.25.